The van der Waals surface area contributed by atoms with Crippen molar-refractivity contribution in [1.29, 1.82) is 0 Å². The molecule has 7 heteroatoms. The van der Waals surface area contributed by atoms with Crippen LogP contribution in [0.4, 0.5) is 0 Å². The number of benzene rings is 10. The Kier molecular flexibility index (Phi) is 10.5. The second kappa shape index (κ2) is 16.9. The quantitative estimate of drug-likeness (QED) is 0.101. The molecule has 12 rings (SSSR count). The molecule has 0 saturated heterocycles. The van der Waals surface area contributed by atoms with Crippen LogP contribution in [0.1, 0.15) is 0 Å². The zero-order valence-corrected chi connectivity index (χ0v) is 41.1. The predicted octanol–water partition coefficient (Wildman–Crippen LogP) is 12.0. The third-order valence-corrected chi connectivity index (χ3v) is 23.8. The van der Waals surface area contributed by atoms with Gasteiger partial charge in [-0.25, -0.2) is 0 Å². The fourth-order valence-electron chi connectivity index (χ4n) is 10.5. The van der Waals surface area contributed by atoms with Crippen molar-refractivity contribution in [2.24, 2.45) is 0 Å². The van der Waals surface area contributed by atoms with E-state index < -0.39 is 22.4 Å². The summed E-state index contributed by atoms with van der Waals surface area (Å²) in [6.45, 7) is 4.88. The molecule has 0 aliphatic carbocycles. The number of fused-ring (bicyclic) bond motifs is 6. The summed E-state index contributed by atoms with van der Waals surface area (Å²) >= 11 is 0. The van der Waals surface area contributed by atoms with Gasteiger partial charge in [-0.15, -0.1) is 0 Å². The third kappa shape index (κ3) is 6.95. The number of hydrogen-bond donors (Lipinski definition) is 0. The molecular formula is C62H48N2O2P2Si. The van der Waals surface area contributed by atoms with Gasteiger partial charge >= 0.3 is 0 Å². The van der Waals surface area contributed by atoms with E-state index in [1.54, 1.807) is 0 Å². The van der Waals surface area contributed by atoms with Crippen molar-refractivity contribution < 1.29 is 9.13 Å². The summed E-state index contributed by atoms with van der Waals surface area (Å²) in [5.74, 6) is 0. The number of rotatable bonds is 10. The SMILES string of the molecule is C[Si](C)(c1ccc2c(c1)c1cc(P(=O)(c3ccccc3)c3ccccc3)ccc1n2-c1ccccc1)c1ccc2c(c1)c1cc(P(=O)(c3ccccc3)c3ccccc3)ccc1n2-c1ccccc1. The van der Waals surface area contributed by atoms with Crippen molar-refractivity contribution in [3.8, 4) is 11.4 Å². The van der Waals surface area contributed by atoms with Crippen LogP contribution < -0.4 is 42.2 Å². The first kappa shape index (κ1) is 42.8. The molecule has 0 atom stereocenters. The lowest BCUT2D eigenvalue weighted by molar-refractivity contribution is 0.591. The standard InChI is InChI=1S/C62H48N2O2P2Si/c1-69(2,53-35-39-61-57(43-53)55-41-51(33-37-59(55)63(61)45-21-9-3-10-22-45)67(65,47-25-13-5-14-26-47)48-27-15-6-16-28-48)54-36-40-62-58(44-54)56-42-52(34-38-60(56)64(62)46-23-11-4-12-24-46)68(66,49-29-17-7-18-30-49)50-31-19-8-20-32-50/h3-44H,1-2H3. The maximum Gasteiger partial charge on any atom is 0.171 e. The molecule has 10 aromatic carbocycles. The van der Waals surface area contributed by atoms with Gasteiger partial charge in [0.15, 0.2) is 14.3 Å². The van der Waals surface area contributed by atoms with Gasteiger partial charge in [0.2, 0.25) is 0 Å². The van der Waals surface area contributed by atoms with Crippen LogP contribution in [0.5, 0.6) is 0 Å². The summed E-state index contributed by atoms with van der Waals surface area (Å²) in [7, 11) is -8.94. The molecule has 0 amide bonds. The van der Waals surface area contributed by atoms with Crippen LogP contribution in [-0.4, -0.2) is 17.2 Å². The molecule has 0 spiro atoms. The molecule has 332 valence electrons. The minimum absolute atomic E-state index is 0.810. The van der Waals surface area contributed by atoms with Crippen LogP contribution in [0.25, 0.3) is 55.0 Å². The second-order valence-corrected chi connectivity index (χ2v) is 28.3. The van der Waals surface area contributed by atoms with E-state index in [4.69, 9.17) is 0 Å². The normalized spacial score (nSPS) is 12.3. The minimum Gasteiger partial charge on any atom is -0.309 e. The topological polar surface area (TPSA) is 44.0 Å². The lowest BCUT2D eigenvalue weighted by atomic mass is 10.1. The van der Waals surface area contributed by atoms with Crippen LogP contribution in [0.3, 0.4) is 0 Å². The smallest absolute Gasteiger partial charge is 0.171 e. The highest BCUT2D eigenvalue weighted by Gasteiger charge is 2.33. The van der Waals surface area contributed by atoms with Gasteiger partial charge in [-0.3, -0.25) is 0 Å². The van der Waals surface area contributed by atoms with E-state index in [2.05, 4.69) is 156 Å². The third-order valence-electron chi connectivity index (χ3n) is 14.2. The van der Waals surface area contributed by atoms with Crippen molar-refractivity contribution in [3.05, 3.63) is 255 Å². The maximum atomic E-state index is 15.8. The molecule has 0 aliphatic rings. The fraction of sp³-hybridized carbons (Fsp3) is 0.0323. The summed E-state index contributed by atoms with van der Waals surface area (Å²) < 4.78 is 36.2. The molecule has 2 heterocycles. The van der Waals surface area contributed by atoms with Gasteiger partial charge in [0.05, 0.1) is 22.1 Å². The second-order valence-electron chi connectivity index (χ2n) is 18.4. The molecule has 0 aliphatic heterocycles. The highest BCUT2D eigenvalue weighted by atomic mass is 31.2. The highest BCUT2D eigenvalue weighted by Crippen LogP contribution is 2.46. The van der Waals surface area contributed by atoms with E-state index in [1.807, 2.05) is 121 Å². The molecule has 0 bridgehead atoms. The maximum absolute atomic E-state index is 15.8. The average Bonchev–Trinajstić information content (AvgIpc) is 3.93. The molecule has 0 radical (unpaired) electrons. The molecule has 12 aromatic rings. The van der Waals surface area contributed by atoms with Gasteiger partial charge in [0, 0.05) is 64.7 Å². The number of hydrogen-bond acceptors (Lipinski definition) is 2. The zero-order valence-electron chi connectivity index (χ0n) is 38.4. The summed E-state index contributed by atoms with van der Waals surface area (Å²) in [4.78, 5) is 0. The molecule has 4 nitrogen and oxygen atoms in total. The highest BCUT2D eigenvalue weighted by molar-refractivity contribution is 7.85. The van der Waals surface area contributed by atoms with Crippen molar-refractivity contribution in [2.75, 3.05) is 0 Å². The van der Waals surface area contributed by atoms with Gasteiger partial charge in [-0.1, -0.05) is 205 Å². The van der Waals surface area contributed by atoms with Crippen LogP contribution in [0, 0.1) is 0 Å². The molecule has 2 aromatic heterocycles. The summed E-state index contributed by atoms with van der Waals surface area (Å²) in [6, 6.07) is 87.7. The number of nitrogens with zero attached hydrogens (tertiary/aromatic N) is 2. The first-order valence-electron chi connectivity index (χ1n) is 23.5. The van der Waals surface area contributed by atoms with Crippen LogP contribution in [0.15, 0.2) is 255 Å². The monoisotopic (exact) mass is 942 g/mol. The van der Waals surface area contributed by atoms with Gasteiger partial charge in [0.1, 0.15) is 8.07 Å². The predicted molar refractivity (Wildman–Crippen MR) is 297 cm³/mol. The summed E-state index contributed by atoms with van der Waals surface area (Å²) in [5.41, 5.74) is 6.50. The lowest BCUT2D eigenvalue weighted by Crippen LogP contribution is -2.52. The van der Waals surface area contributed by atoms with E-state index in [0.29, 0.717) is 0 Å². The van der Waals surface area contributed by atoms with Gasteiger partial charge in [-0.2, -0.15) is 0 Å². The Hall–Kier alpha value is -7.52. The minimum atomic E-state index is -3.25. The van der Waals surface area contributed by atoms with Crippen LogP contribution >= 0.6 is 14.3 Å². The van der Waals surface area contributed by atoms with Gasteiger partial charge < -0.3 is 18.3 Å². The van der Waals surface area contributed by atoms with Crippen molar-refractivity contribution in [1.82, 2.24) is 9.13 Å². The Bertz CT molecular complexity index is 3620. The molecular weight excluding hydrogens is 895 g/mol. The van der Waals surface area contributed by atoms with E-state index in [9.17, 15) is 0 Å². The fourth-order valence-corrected chi connectivity index (χ4v) is 18.2. The molecule has 0 unspecified atom stereocenters. The Balaban J connectivity index is 1.06. The van der Waals surface area contributed by atoms with Crippen molar-refractivity contribution in [2.45, 2.75) is 13.1 Å². The van der Waals surface area contributed by atoms with Crippen LogP contribution in [-0.2, 0) is 9.13 Å². The Morgan fingerprint density at radius 3 is 0.855 bits per heavy atom. The van der Waals surface area contributed by atoms with Crippen molar-refractivity contribution in [3.63, 3.8) is 0 Å². The van der Waals surface area contributed by atoms with E-state index in [0.717, 1.165) is 86.8 Å². The van der Waals surface area contributed by atoms with E-state index in [1.165, 1.54) is 10.4 Å². The largest absolute Gasteiger partial charge is 0.309 e. The molecule has 0 fully saturated rings. The van der Waals surface area contributed by atoms with Crippen molar-refractivity contribution >= 4 is 108 Å². The number of para-hydroxylation sites is 2. The summed E-state index contributed by atoms with van der Waals surface area (Å²) in [6.07, 6.45) is 0. The lowest BCUT2D eigenvalue weighted by Gasteiger charge is -2.24. The van der Waals surface area contributed by atoms with E-state index in [-0.39, 0.29) is 0 Å². The molecule has 0 saturated carbocycles. The van der Waals surface area contributed by atoms with Crippen LogP contribution in [0.2, 0.25) is 13.1 Å². The molecule has 0 N–H and O–H groups in total. The number of aromatic nitrogens is 2. The first-order valence-corrected chi connectivity index (χ1v) is 29.9. The first-order chi connectivity index (χ1) is 33.7. The average molecular weight is 943 g/mol. The Morgan fingerprint density at radius 1 is 0.290 bits per heavy atom. The van der Waals surface area contributed by atoms with Gasteiger partial charge in [0.25, 0.3) is 0 Å². The Labute approximate surface area is 403 Å². The molecule has 69 heavy (non-hydrogen) atoms. The Morgan fingerprint density at radius 2 is 0.551 bits per heavy atom. The summed E-state index contributed by atoms with van der Waals surface area (Å²) in [5, 5.41) is 11.9. The van der Waals surface area contributed by atoms with E-state index >= 15 is 9.13 Å². The van der Waals surface area contributed by atoms with Gasteiger partial charge in [-0.05, 0) is 72.8 Å². The zero-order chi connectivity index (χ0) is 46.7.